The minimum absolute atomic E-state index is 0.0199. The van der Waals surface area contributed by atoms with E-state index in [4.69, 9.17) is 9.88 Å². The van der Waals surface area contributed by atoms with E-state index in [2.05, 4.69) is 0 Å². The average molecular weight is 355 g/mol. The molecule has 0 aliphatic rings. The van der Waals surface area contributed by atoms with Crippen molar-refractivity contribution in [2.24, 2.45) is 5.14 Å². The highest BCUT2D eigenvalue weighted by atomic mass is 32.2. The molecule has 0 aliphatic heterocycles. The van der Waals surface area contributed by atoms with Crippen molar-refractivity contribution >= 4 is 26.6 Å². The molecule has 0 saturated heterocycles. The fraction of sp³-hybridized carbons (Fsp3) is 0.105. The number of benzene rings is 3. The third-order valence-electron chi connectivity index (χ3n) is 4.01. The first-order chi connectivity index (χ1) is 11.9. The van der Waals surface area contributed by atoms with Crippen LogP contribution in [0, 0.1) is 0 Å². The van der Waals surface area contributed by atoms with Crippen molar-refractivity contribution in [1.82, 2.24) is 0 Å². The number of hydrogen-bond donors (Lipinski definition) is 1. The molecule has 0 unspecified atom stereocenters. The molecule has 2 N–H and O–H groups in total. The maximum atomic E-state index is 12.9. The number of rotatable bonds is 5. The number of carbonyl (C=O) groups is 1. The summed E-state index contributed by atoms with van der Waals surface area (Å²) in [5.74, 6) is 0.418. The van der Waals surface area contributed by atoms with Gasteiger partial charge in [-0.25, -0.2) is 13.6 Å². The number of hydrogen-bond acceptors (Lipinski definition) is 4. The Morgan fingerprint density at radius 3 is 2.32 bits per heavy atom. The highest BCUT2D eigenvalue weighted by molar-refractivity contribution is 7.89. The summed E-state index contributed by atoms with van der Waals surface area (Å²) in [6.07, 6.45) is 0.134. The van der Waals surface area contributed by atoms with Crippen molar-refractivity contribution in [1.29, 1.82) is 0 Å². The summed E-state index contributed by atoms with van der Waals surface area (Å²) >= 11 is 0. The Hall–Kier alpha value is -2.70. The number of nitrogens with two attached hydrogens (primary N) is 1. The zero-order valence-corrected chi connectivity index (χ0v) is 14.4. The predicted octanol–water partition coefficient (Wildman–Crippen LogP) is 2.92. The highest BCUT2D eigenvalue weighted by Gasteiger charge is 2.17. The Balaban J connectivity index is 1.97. The van der Waals surface area contributed by atoms with Crippen LogP contribution in [0.25, 0.3) is 10.8 Å². The predicted molar refractivity (Wildman–Crippen MR) is 96.3 cm³/mol. The van der Waals surface area contributed by atoms with Gasteiger partial charge in [-0.05, 0) is 34.5 Å². The summed E-state index contributed by atoms with van der Waals surface area (Å²) in [6.45, 7) is 0. The van der Waals surface area contributed by atoms with Gasteiger partial charge in [0.25, 0.3) is 0 Å². The first-order valence-electron chi connectivity index (χ1n) is 7.61. The Bertz CT molecular complexity index is 1040. The van der Waals surface area contributed by atoms with Gasteiger partial charge in [-0.1, -0.05) is 42.5 Å². The van der Waals surface area contributed by atoms with Gasteiger partial charge in [-0.15, -0.1) is 0 Å². The number of sulfonamides is 1. The summed E-state index contributed by atoms with van der Waals surface area (Å²) in [5.41, 5.74) is 1.23. The molecular formula is C19H17NO4S. The van der Waals surface area contributed by atoms with Crippen LogP contribution in [-0.2, 0) is 16.4 Å². The van der Waals surface area contributed by atoms with Gasteiger partial charge < -0.3 is 4.74 Å². The third kappa shape index (κ3) is 3.55. The minimum atomic E-state index is -3.74. The Morgan fingerprint density at radius 1 is 1.00 bits per heavy atom. The molecule has 128 valence electrons. The van der Waals surface area contributed by atoms with Gasteiger partial charge in [0.15, 0.2) is 5.78 Å². The highest BCUT2D eigenvalue weighted by Crippen LogP contribution is 2.29. The summed E-state index contributed by atoms with van der Waals surface area (Å²) in [5, 5.41) is 6.87. The van der Waals surface area contributed by atoms with Crippen LogP contribution in [0.1, 0.15) is 15.9 Å². The lowest BCUT2D eigenvalue weighted by atomic mass is 9.96. The second kappa shape index (κ2) is 6.66. The molecule has 3 rings (SSSR count). The van der Waals surface area contributed by atoms with Crippen molar-refractivity contribution < 1.29 is 17.9 Å². The summed E-state index contributed by atoms with van der Waals surface area (Å²) in [7, 11) is -2.22. The zero-order chi connectivity index (χ0) is 18.0. The second-order valence-electron chi connectivity index (χ2n) is 5.65. The topological polar surface area (TPSA) is 86.5 Å². The van der Waals surface area contributed by atoms with Gasteiger partial charge in [0, 0.05) is 6.42 Å². The van der Waals surface area contributed by atoms with Gasteiger partial charge in [0.2, 0.25) is 10.0 Å². The molecule has 3 aromatic rings. The Morgan fingerprint density at radius 2 is 1.68 bits per heavy atom. The number of Topliss-reactive ketones (excluding diaryl/α,β-unsaturated/α-hetero) is 1. The molecule has 0 atom stereocenters. The fourth-order valence-electron chi connectivity index (χ4n) is 2.78. The molecule has 3 aromatic carbocycles. The molecule has 0 bridgehead atoms. The van der Waals surface area contributed by atoms with Crippen molar-refractivity contribution in [2.45, 2.75) is 11.3 Å². The van der Waals surface area contributed by atoms with E-state index in [9.17, 15) is 13.2 Å². The van der Waals surface area contributed by atoms with Gasteiger partial charge in [-0.2, -0.15) is 0 Å². The average Bonchev–Trinajstić information content (AvgIpc) is 2.60. The maximum absolute atomic E-state index is 12.9. The number of primary sulfonamides is 1. The minimum Gasteiger partial charge on any atom is -0.496 e. The first-order valence-corrected chi connectivity index (χ1v) is 9.15. The molecule has 0 heterocycles. The van der Waals surface area contributed by atoms with Gasteiger partial charge in [0.1, 0.15) is 5.75 Å². The van der Waals surface area contributed by atoms with Gasteiger partial charge in [-0.3, -0.25) is 4.79 Å². The van der Waals surface area contributed by atoms with Crippen LogP contribution in [0.2, 0.25) is 0 Å². The van der Waals surface area contributed by atoms with E-state index < -0.39 is 10.0 Å². The van der Waals surface area contributed by atoms with Crippen LogP contribution in [-0.4, -0.2) is 21.3 Å². The van der Waals surface area contributed by atoms with E-state index in [0.717, 1.165) is 10.8 Å². The van der Waals surface area contributed by atoms with Crippen molar-refractivity contribution in [3.63, 3.8) is 0 Å². The van der Waals surface area contributed by atoms with Crippen LogP contribution in [0.15, 0.2) is 65.6 Å². The Kier molecular flexibility index (Phi) is 4.57. The van der Waals surface area contributed by atoms with E-state index in [0.29, 0.717) is 16.9 Å². The fourth-order valence-corrected chi connectivity index (χ4v) is 3.30. The standard InChI is InChI=1S/C19H17NO4S/c1-24-18-11-8-14-4-2-3-5-16(14)19(18)17(21)12-13-6-9-15(10-7-13)25(20,22)23/h2-11H,12H2,1H3,(H2,20,22,23). The quantitative estimate of drug-likeness (QED) is 0.713. The van der Waals surface area contributed by atoms with Crippen LogP contribution >= 0.6 is 0 Å². The molecule has 0 radical (unpaired) electrons. The normalized spacial score (nSPS) is 11.4. The van der Waals surface area contributed by atoms with Crippen molar-refractivity contribution in [3.8, 4) is 5.75 Å². The number of carbonyl (C=O) groups excluding carboxylic acids is 1. The molecule has 0 fully saturated rings. The maximum Gasteiger partial charge on any atom is 0.238 e. The van der Waals surface area contributed by atoms with E-state index in [1.807, 2.05) is 30.3 Å². The summed E-state index contributed by atoms with van der Waals surface area (Å²) < 4.78 is 28.0. The van der Waals surface area contributed by atoms with Crippen LogP contribution in [0.4, 0.5) is 0 Å². The number of fused-ring (bicyclic) bond motifs is 1. The lowest BCUT2D eigenvalue weighted by Gasteiger charge is -2.11. The van der Waals surface area contributed by atoms with Gasteiger partial charge in [0.05, 0.1) is 17.6 Å². The zero-order valence-electron chi connectivity index (χ0n) is 13.6. The lowest BCUT2D eigenvalue weighted by Crippen LogP contribution is -2.12. The molecule has 0 spiro atoms. The largest absolute Gasteiger partial charge is 0.496 e. The van der Waals surface area contributed by atoms with Crippen molar-refractivity contribution in [3.05, 3.63) is 71.8 Å². The molecule has 0 aliphatic carbocycles. The summed E-state index contributed by atoms with van der Waals surface area (Å²) in [6, 6.07) is 17.3. The van der Waals surface area contributed by atoms with Crippen LogP contribution in [0.3, 0.4) is 0 Å². The van der Waals surface area contributed by atoms with Crippen LogP contribution in [0.5, 0.6) is 5.75 Å². The third-order valence-corrected chi connectivity index (χ3v) is 4.94. The first kappa shape index (κ1) is 17.1. The van der Waals surface area contributed by atoms with E-state index in [1.54, 1.807) is 18.2 Å². The van der Waals surface area contributed by atoms with E-state index in [-0.39, 0.29) is 17.1 Å². The molecule has 25 heavy (non-hydrogen) atoms. The molecule has 5 nitrogen and oxygen atoms in total. The molecule has 0 aromatic heterocycles. The molecular weight excluding hydrogens is 338 g/mol. The van der Waals surface area contributed by atoms with E-state index >= 15 is 0 Å². The van der Waals surface area contributed by atoms with Crippen molar-refractivity contribution in [2.75, 3.05) is 7.11 Å². The second-order valence-corrected chi connectivity index (χ2v) is 7.21. The van der Waals surface area contributed by atoms with E-state index in [1.165, 1.54) is 19.2 Å². The molecule has 6 heteroatoms. The Labute approximate surface area is 146 Å². The van der Waals surface area contributed by atoms with Crippen LogP contribution < -0.4 is 9.88 Å². The SMILES string of the molecule is COc1ccc2ccccc2c1C(=O)Cc1ccc(S(N)(=O)=O)cc1. The molecule has 0 amide bonds. The summed E-state index contributed by atoms with van der Waals surface area (Å²) in [4.78, 5) is 12.9. The molecule has 0 saturated carbocycles. The number of methoxy groups -OCH3 is 1. The number of ether oxygens (including phenoxy) is 1. The van der Waals surface area contributed by atoms with Gasteiger partial charge >= 0.3 is 0 Å². The number of ketones is 1. The monoisotopic (exact) mass is 355 g/mol. The lowest BCUT2D eigenvalue weighted by molar-refractivity contribution is 0.0991. The smallest absolute Gasteiger partial charge is 0.238 e.